The molecule has 0 aliphatic carbocycles. The topological polar surface area (TPSA) is 71.4 Å². The van der Waals surface area contributed by atoms with Crippen molar-refractivity contribution < 1.29 is 4.39 Å². The summed E-state index contributed by atoms with van der Waals surface area (Å²) in [4.78, 5) is 3.79. The van der Waals surface area contributed by atoms with Crippen molar-refractivity contribution in [2.75, 3.05) is 5.32 Å². The first kappa shape index (κ1) is 11.4. The molecule has 0 saturated heterocycles. The highest BCUT2D eigenvalue weighted by molar-refractivity contribution is 5.49. The number of benzene rings is 1. The largest absolute Gasteiger partial charge is 0.379 e. The summed E-state index contributed by atoms with van der Waals surface area (Å²) in [6.07, 6.45) is 4.49. The van der Waals surface area contributed by atoms with Gasteiger partial charge in [0.2, 0.25) is 0 Å². The highest BCUT2D eigenvalue weighted by Gasteiger charge is 2.06. The van der Waals surface area contributed by atoms with Crippen LogP contribution in [-0.4, -0.2) is 25.0 Å². The van der Waals surface area contributed by atoms with Gasteiger partial charge in [-0.1, -0.05) is 0 Å². The third-order valence-electron chi connectivity index (χ3n) is 2.65. The van der Waals surface area contributed by atoms with Gasteiger partial charge in [0.05, 0.1) is 12.2 Å². The Bertz CT molecular complexity index is 647. The van der Waals surface area contributed by atoms with E-state index in [1.165, 1.54) is 23.4 Å². The number of aromatic nitrogens is 5. The van der Waals surface area contributed by atoms with Crippen LogP contribution >= 0.6 is 0 Å². The number of nitrogens with one attached hydrogen (secondary N) is 2. The lowest BCUT2D eigenvalue weighted by Gasteiger charge is -2.07. The van der Waals surface area contributed by atoms with E-state index in [1.54, 1.807) is 18.3 Å². The van der Waals surface area contributed by atoms with Gasteiger partial charge in [-0.05, 0) is 24.3 Å². The molecule has 0 bridgehead atoms. The van der Waals surface area contributed by atoms with Gasteiger partial charge in [-0.3, -0.25) is 5.10 Å². The molecule has 0 spiro atoms. The fraction of sp³-hybridized carbons (Fsp3) is 0.0833. The van der Waals surface area contributed by atoms with Crippen molar-refractivity contribution in [1.82, 2.24) is 25.0 Å². The van der Waals surface area contributed by atoms with Crippen molar-refractivity contribution in [3.05, 3.63) is 54.6 Å². The molecule has 0 saturated carbocycles. The second kappa shape index (κ2) is 4.89. The number of hydrogen-bond acceptors (Lipinski definition) is 4. The molecular formula is C12H11FN6. The molecule has 7 heteroatoms. The van der Waals surface area contributed by atoms with E-state index >= 15 is 0 Å². The molecule has 3 aromatic rings. The average Bonchev–Trinajstić information content (AvgIpc) is 3.10. The predicted molar refractivity (Wildman–Crippen MR) is 67.2 cm³/mol. The minimum Gasteiger partial charge on any atom is -0.379 e. The molecule has 0 fully saturated rings. The van der Waals surface area contributed by atoms with E-state index in [0.29, 0.717) is 17.9 Å². The summed E-state index contributed by atoms with van der Waals surface area (Å²) in [6.45, 7) is 0.558. The first-order chi connectivity index (χ1) is 9.33. The molecule has 0 aliphatic rings. The van der Waals surface area contributed by atoms with Crippen LogP contribution in [0.4, 0.5) is 10.1 Å². The van der Waals surface area contributed by atoms with Gasteiger partial charge >= 0.3 is 0 Å². The Morgan fingerprint density at radius 1 is 1.32 bits per heavy atom. The summed E-state index contributed by atoms with van der Waals surface area (Å²) >= 11 is 0. The van der Waals surface area contributed by atoms with E-state index in [0.717, 1.165) is 5.69 Å². The summed E-state index contributed by atoms with van der Waals surface area (Å²) < 4.78 is 15.3. The van der Waals surface area contributed by atoms with Gasteiger partial charge in [-0.25, -0.2) is 14.1 Å². The minimum atomic E-state index is -0.361. The second-order valence-corrected chi connectivity index (χ2v) is 3.94. The van der Waals surface area contributed by atoms with E-state index in [9.17, 15) is 4.39 Å². The van der Waals surface area contributed by atoms with E-state index in [2.05, 4.69) is 25.6 Å². The number of rotatable bonds is 4. The smallest absolute Gasteiger partial charge is 0.150 e. The van der Waals surface area contributed by atoms with Gasteiger partial charge in [0.15, 0.2) is 5.82 Å². The molecule has 0 atom stereocenters. The zero-order valence-electron chi connectivity index (χ0n) is 9.92. The Morgan fingerprint density at radius 2 is 2.26 bits per heavy atom. The van der Waals surface area contributed by atoms with Crippen LogP contribution in [0.5, 0.6) is 0 Å². The Hall–Kier alpha value is -2.70. The Kier molecular flexibility index (Phi) is 2.93. The molecule has 0 unspecified atom stereocenters. The lowest BCUT2D eigenvalue weighted by molar-refractivity contribution is 0.611. The van der Waals surface area contributed by atoms with Crippen LogP contribution in [-0.2, 0) is 6.54 Å². The molecule has 2 aromatic heterocycles. The van der Waals surface area contributed by atoms with Crippen LogP contribution in [0, 0.1) is 5.82 Å². The maximum atomic E-state index is 13.9. The van der Waals surface area contributed by atoms with Gasteiger partial charge in [-0.2, -0.15) is 10.2 Å². The average molecular weight is 258 g/mol. The number of halogens is 1. The van der Waals surface area contributed by atoms with E-state index < -0.39 is 0 Å². The number of H-pyrrole nitrogens is 1. The third-order valence-corrected chi connectivity index (χ3v) is 2.65. The van der Waals surface area contributed by atoms with Gasteiger partial charge < -0.3 is 5.32 Å². The standard InChI is InChI=1S/C12H11FN6/c13-11-5-9(15-6-10-3-4-16-18-10)1-2-12(11)19-8-14-7-17-19/h1-5,7-8,15H,6H2,(H,16,18). The van der Waals surface area contributed by atoms with Crippen LogP contribution in [0.3, 0.4) is 0 Å². The highest BCUT2D eigenvalue weighted by Crippen LogP contribution is 2.17. The van der Waals surface area contributed by atoms with Crippen molar-refractivity contribution in [3.8, 4) is 5.69 Å². The van der Waals surface area contributed by atoms with Crippen molar-refractivity contribution in [3.63, 3.8) is 0 Å². The van der Waals surface area contributed by atoms with Crippen LogP contribution in [0.1, 0.15) is 5.69 Å². The summed E-state index contributed by atoms with van der Waals surface area (Å²) in [5.41, 5.74) is 1.99. The Morgan fingerprint density at radius 3 is 2.95 bits per heavy atom. The lowest BCUT2D eigenvalue weighted by atomic mass is 10.2. The summed E-state index contributed by atoms with van der Waals surface area (Å²) in [6, 6.07) is 6.72. The van der Waals surface area contributed by atoms with E-state index in [-0.39, 0.29) is 5.82 Å². The van der Waals surface area contributed by atoms with Crippen LogP contribution in [0.25, 0.3) is 5.69 Å². The van der Waals surface area contributed by atoms with Gasteiger partial charge in [0.25, 0.3) is 0 Å². The summed E-state index contributed by atoms with van der Waals surface area (Å²) in [7, 11) is 0. The Balaban J connectivity index is 1.76. The molecule has 19 heavy (non-hydrogen) atoms. The number of anilines is 1. The summed E-state index contributed by atoms with van der Waals surface area (Å²) in [5.74, 6) is -0.361. The number of nitrogens with zero attached hydrogens (tertiary/aromatic N) is 4. The SMILES string of the molecule is Fc1cc(NCc2ccn[nH]2)ccc1-n1cncn1. The molecule has 6 nitrogen and oxygen atoms in total. The summed E-state index contributed by atoms with van der Waals surface area (Å²) in [5, 5.41) is 13.7. The monoisotopic (exact) mass is 258 g/mol. The predicted octanol–water partition coefficient (Wildman–Crippen LogP) is 1.74. The molecule has 96 valence electrons. The van der Waals surface area contributed by atoms with Crippen LogP contribution in [0.2, 0.25) is 0 Å². The fourth-order valence-electron chi connectivity index (χ4n) is 1.72. The fourth-order valence-corrected chi connectivity index (χ4v) is 1.72. The molecule has 1 aromatic carbocycles. The van der Waals surface area contributed by atoms with Gasteiger partial charge in [-0.15, -0.1) is 0 Å². The van der Waals surface area contributed by atoms with Crippen LogP contribution in [0.15, 0.2) is 43.1 Å². The normalized spacial score (nSPS) is 10.6. The van der Waals surface area contributed by atoms with E-state index in [4.69, 9.17) is 0 Å². The van der Waals surface area contributed by atoms with Crippen molar-refractivity contribution in [1.29, 1.82) is 0 Å². The van der Waals surface area contributed by atoms with Gasteiger partial charge in [0, 0.05) is 11.9 Å². The minimum absolute atomic E-state index is 0.361. The molecule has 3 rings (SSSR count). The zero-order valence-corrected chi connectivity index (χ0v) is 9.92. The molecule has 0 radical (unpaired) electrons. The maximum absolute atomic E-state index is 13.9. The molecule has 0 aliphatic heterocycles. The molecule has 0 amide bonds. The number of aromatic amines is 1. The number of hydrogen-bond donors (Lipinski definition) is 2. The third kappa shape index (κ3) is 2.44. The zero-order chi connectivity index (χ0) is 13.1. The maximum Gasteiger partial charge on any atom is 0.150 e. The van der Waals surface area contributed by atoms with E-state index in [1.807, 2.05) is 6.07 Å². The second-order valence-electron chi connectivity index (χ2n) is 3.94. The van der Waals surface area contributed by atoms with Crippen molar-refractivity contribution >= 4 is 5.69 Å². The van der Waals surface area contributed by atoms with Crippen molar-refractivity contribution in [2.24, 2.45) is 0 Å². The van der Waals surface area contributed by atoms with Crippen molar-refractivity contribution in [2.45, 2.75) is 6.54 Å². The highest BCUT2D eigenvalue weighted by atomic mass is 19.1. The Labute approximate surface area is 108 Å². The molecular weight excluding hydrogens is 247 g/mol. The van der Waals surface area contributed by atoms with Crippen LogP contribution < -0.4 is 5.32 Å². The van der Waals surface area contributed by atoms with Gasteiger partial charge in [0.1, 0.15) is 18.3 Å². The first-order valence-electron chi connectivity index (χ1n) is 5.69. The first-order valence-corrected chi connectivity index (χ1v) is 5.69. The molecule has 2 N–H and O–H groups in total. The lowest BCUT2D eigenvalue weighted by Crippen LogP contribution is -2.02. The molecule has 2 heterocycles. The quantitative estimate of drug-likeness (QED) is 0.747.